The highest BCUT2D eigenvalue weighted by Crippen LogP contribution is 2.38. The van der Waals surface area contributed by atoms with Crippen molar-refractivity contribution >= 4 is 34.0 Å². The number of hydrogen-bond acceptors (Lipinski definition) is 6. The molecule has 36 heavy (non-hydrogen) atoms. The molecule has 1 aliphatic carbocycles. The summed E-state index contributed by atoms with van der Waals surface area (Å²) >= 11 is 0. The van der Waals surface area contributed by atoms with E-state index in [1.54, 1.807) is 12.1 Å². The third kappa shape index (κ3) is 6.25. The van der Waals surface area contributed by atoms with Crippen LogP contribution >= 0.6 is 0 Å². The summed E-state index contributed by atoms with van der Waals surface area (Å²) in [6.45, 7) is -0.191. The molecule has 3 aromatic rings. The number of benzene rings is 2. The summed E-state index contributed by atoms with van der Waals surface area (Å²) in [6.07, 6.45) is -2.68. The Morgan fingerprint density at radius 3 is 2.53 bits per heavy atom. The van der Waals surface area contributed by atoms with E-state index in [1.165, 1.54) is 24.3 Å². The van der Waals surface area contributed by atoms with Gasteiger partial charge >= 0.3 is 6.18 Å². The van der Waals surface area contributed by atoms with Crippen LogP contribution in [0.4, 0.5) is 34.8 Å². The first kappa shape index (κ1) is 25.3. The molecule has 1 amide bonds. The summed E-state index contributed by atoms with van der Waals surface area (Å²) in [6, 6.07) is 10.1. The SMILES string of the molecule is O=C(COC1CCC(Nc2ccc([N+](=O)[O-])c(C(F)(F)F)c2)CC1)Nc1ccc2cc(F)ccc2n1. The molecule has 4 rings (SSSR count). The molecule has 0 spiro atoms. The summed E-state index contributed by atoms with van der Waals surface area (Å²) in [4.78, 5) is 26.4. The van der Waals surface area contributed by atoms with Gasteiger partial charge in [-0.2, -0.15) is 13.2 Å². The van der Waals surface area contributed by atoms with Crippen molar-refractivity contribution in [2.75, 3.05) is 17.2 Å². The number of anilines is 2. The second-order valence-electron chi connectivity index (χ2n) is 8.50. The van der Waals surface area contributed by atoms with Crippen molar-refractivity contribution in [3.63, 3.8) is 0 Å². The second-order valence-corrected chi connectivity index (χ2v) is 8.50. The quantitative estimate of drug-likeness (QED) is 0.243. The number of aromatic nitrogens is 1. The zero-order valence-corrected chi connectivity index (χ0v) is 18.8. The minimum Gasteiger partial charge on any atom is -0.382 e. The van der Waals surface area contributed by atoms with E-state index in [1.807, 2.05) is 0 Å². The van der Waals surface area contributed by atoms with E-state index in [0.29, 0.717) is 42.4 Å². The van der Waals surface area contributed by atoms with E-state index in [4.69, 9.17) is 4.74 Å². The van der Waals surface area contributed by atoms with Crippen LogP contribution in [0.3, 0.4) is 0 Å². The van der Waals surface area contributed by atoms with E-state index >= 15 is 0 Å². The molecule has 0 atom stereocenters. The zero-order chi connectivity index (χ0) is 25.9. The number of nitrogens with zero attached hydrogens (tertiary/aromatic N) is 2. The van der Waals surface area contributed by atoms with Crippen LogP contribution in [0.15, 0.2) is 48.5 Å². The first-order valence-electron chi connectivity index (χ1n) is 11.2. The molecule has 1 fully saturated rings. The average Bonchev–Trinajstić information content (AvgIpc) is 2.83. The maximum atomic E-state index is 13.3. The number of carbonyl (C=O) groups is 1. The highest BCUT2D eigenvalue weighted by Gasteiger charge is 2.38. The molecule has 2 N–H and O–H groups in total. The molecule has 1 aliphatic rings. The molecule has 2 aromatic carbocycles. The molecule has 0 aliphatic heterocycles. The summed E-state index contributed by atoms with van der Waals surface area (Å²) in [5.41, 5.74) is -1.59. The van der Waals surface area contributed by atoms with Crippen LogP contribution in [0.25, 0.3) is 10.9 Å². The van der Waals surface area contributed by atoms with Crippen LogP contribution in [-0.4, -0.2) is 34.6 Å². The van der Waals surface area contributed by atoms with Gasteiger partial charge in [0, 0.05) is 23.2 Å². The number of hydrogen-bond donors (Lipinski definition) is 2. The van der Waals surface area contributed by atoms with Crippen molar-refractivity contribution in [1.82, 2.24) is 4.98 Å². The van der Waals surface area contributed by atoms with Gasteiger partial charge in [0.25, 0.3) is 11.6 Å². The third-order valence-electron chi connectivity index (χ3n) is 5.91. The molecular formula is C24H22F4N4O4. The van der Waals surface area contributed by atoms with Gasteiger partial charge in [-0.1, -0.05) is 0 Å². The predicted molar refractivity (Wildman–Crippen MR) is 124 cm³/mol. The Bertz CT molecular complexity index is 1280. The lowest BCUT2D eigenvalue weighted by molar-refractivity contribution is -0.388. The van der Waals surface area contributed by atoms with Gasteiger partial charge < -0.3 is 15.4 Å². The smallest absolute Gasteiger partial charge is 0.382 e. The second kappa shape index (κ2) is 10.4. The molecule has 0 bridgehead atoms. The Labute approximate surface area is 202 Å². The van der Waals surface area contributed by atoms with Gasteiger partial charge in [0.2, 0.25) is 0 Å². The lowest BCUT2D eigenvalue weighted by Gasteiger charge is -2.29. The summed E-state index contributed by atoms with van der Waals surface area (Å²) in [7, 11) is 0. The Morgan fingerprint density at radius 2 is 1.83 bits per heavy atom. The Kier molecular flexibility index (Phi) is 7.34. The van der Waals surface area contributed by atoms with Crippen molar-refractivity contribution in [3.8, 4) is 0 Å². The number of rotatable bonds is 7. The van der Waals surface area contributed by atoms with Crippen molar-refractivity contribution < 1.29 is 32.0 Å². The lowest BCUT2D eigenvalue weighted by Crippen LogP contribution is -2.31. The normalized spacial score (nSPS) is 18.1. The number of fused-ring (bicyclic) bond motifs is 1. The van der Waals surface area contributed by atoms with Crippen LogP contribution in [0.2, 0.25) is 0 Å². The van der Waals surface area contributed by atoms with Crippen LogP contribution in [0.5, 0.6) is 0 Å². The van der Waals surface area contributed by atoms with Gasteiger partial charge in [-0.25, -0.2) is 9.37 Å². The fourth-order valence-electron chi connectivity index (χ4n) is 4.16. The average molecular weight is 506 g/mol. The maximum Gasteiger partial charge on any atom is 0.423 e. The molecule has 0 radical (unpaired) electrons. The minimum atomic E-state index is -4.84. The highest BCUT2D eigenvalue weighted by atomic mass is 19.4. The minimum absolute atomic E-state index is 0.132. The fourth-order valence-corrected chi connectivity index (χ4v) is 4.16. The Balaban J connectivity index is 1.25. The van der Waals surface area contributed by atoms with E-state index in [0.717, 1.165) is 12.1 Å². The Hall–Kier alpha value is -3.80. The number of halogens is 4. The predicted octanol–water partition coefficient (Wildman–Crippen LogP) is 5.68. The number of ether oxygens (including phenoxy) is 1. The topological polar surface area (TPSA) is 106 Å². The molecule has 8 nitrogen and oxygen atoms in total. The molecule has 0 unspecified atom stereocenters. The molecule has 190 valence electrons. The maximum absolute atomic E-state index is 13.3. The van der Waals surface area contributed by atoms with E-state index < -0.39 is 28.3 Å². The van der Waals surface area contributed by atoms with Crippen molar-refractivity contribution in [2.45, 2.75) is 44.0 Å². The monoisotopic (exact) mass is 506 g/mol. The van der Waals surface area contributed by atoms with Crippen LogP contribution in [0.1, 0.15) is 31.2 Å². The van der Waals surface area contributed by atoms with Gasteiger partial charge in [-0.15, -0.1) is 0 Å². The Morgan fingerprint density at radius 1 is 1.08 bits per heavy atom. The number of alkyl halides is 3. The lowest BCUT2D eigenvalue weighted by atomic mass is 9.92. The number of amides is 1. The van der Waals surface area contributed by atoms with Crippen molar-refractivity contribution in [2.24, 2.45) is 0 Å². The number of pyridine rings is 1. The first-order chi connectivity index (χ1) is 17.1. The molecule has 12 heteroatoms. The molecule has 1 aromatic heterocycles. The van der Waals surface area contributed by atoms with E-state index in [2.05, 4.69) is 15.6 Å². The van der Waals surface area contributed by atoms with Crippen LogP contribution in [-0.2, 0) is 15.7 Å². The van der Waals surface area contributed by atoms with E-state index in [9.17, 15) is 32.5 Å². The van der Waals surface area contributed by atoms with Crippen molar-refractivity contribution in [3.05, 3.63) is 70.0 Å². The van der Waals surface area contributed by atoms with Gasteiger partial charge in [0.05, 0.1) is 16.5 Å². The third-order valence-corrected chi connectivity index (χ3v) is 5.91. The van der Waals surface area contributed by atoms with Crippen LogP contribution < -0.4 is 10.6 Å². The van der Waals surface area contributed by atoms with Crippen molar-refractivity contribution in [1.29, 1.82) is 0 Å². The summed E-state index contributed by atoms with van der Waals surface area (Å²) in [5, 5.41) is 17.2. The first-order valence-corrected chi connectivity index (χ1v) is 11.2. The summed E-state index contributed by atoms with van der Waals surface area (Å²) < 4.78 is 58.5. The number of nitrogens with one attached hydrogen (secondary N) is 2. The van der Waals surface area contributed by atoms with Gasteiger partial charge in [-0.05, 0) is 68.1 Å². The van der Waals surface area contributed by atoms with E-state index in [-0.39, 0.29) is 30.3 Å². The largest absolute Gasteiger partial charge is 0.423 e. The zero-order valence-electron chi connectivity index (χ0n) is 18.8. The van der Waals surface area contributed by atoms with Gasteiger partial charge in [-0.3, -0.25) is 14.9 Å². The fraction of sp³-hybridized carbons (Fsp3) is 0.333. The van der Waals surface area contributed by atoms with Gasteiger partial charge in [0.15, 0.2) is 0 Å². The molecule has 1 saturated carbocycles. The summed E-state index contributed by atoms with van der Waals surface area (Å²) in [5.74, 6) is -0.454. The number of nitro groups is 1. The number of carbonyl (C=O) groups excluding carboxylic acids is 1. The molecule has 0 saturated heterocycles. The highest BCUT2D eigenvalue weighted by molar-refractivity contribution is 5.92. The standard InChI is InChI=1S/C24H22F4N4O4/c25-15-2-8-20-14(11-15)1-10-22(30-20)31-23(33)13-36-18-6-3-16(4-7-18)29-17-5-9-21(32(34)35)19(12-17)24(26,27)28/h1-2,5,8-12,16,18,29H,3-4,6-7,13H2,(H,30,31,33). The molecular weight excluding hydrogens is 484 g/mol. The molecule has 1 heterocycles. The number of nitro benzene ring substituents is 1. The van der Waals surface area contributed by atoms with Crippen LogP contribution in [0, 0.1) is 15.9 Å². The van der Waals surface area contributed by atoms with Gasteiger partial charge in [0.1, 0.15) is 23.8 Å².